The summed E-state index contributed by atoms with van der Waals surface area (Å²) in [6.07, 6.45) is 1.35. The molecule has 0 amide bonds. The maximum Gasteiger partial charge on any atom is 0.200 e. The lowest BCUT2D eigenvalue weighted by molar-refractivity contribution is 0.104. The monoisotopic (exact) mass is 419 g/mol. The van der Waals surface area contributed by atoms with Gasteiger partial charge in [-0.3, -0.25) is 4.79 Å². The van der Waals surface area contributed by atoms with Crippen molar-refractivity contribution < 1.29 is 26.7 Å². The fourth-order valence-corrected chi connectivity index (χ4v) is 3.78. The molecule has 0 aromatic heterocycles. The minimum atomic E-state index is -2.25. The maximum atomic E-state index is 13.7. The molecule has 0 saturated carbocycles. The summed E-state index contributed by atoms with van der Waals surface area (Å²) in [5.41, 5.74) is 0.558. The molecule has 0 saturated heterocycles. The van der Waals surface area contributed by atoms with Crippen molar-refractivity contribution in [1.82, 2.24) is 0 Å². The molecule has 146 valence electrons. The van der Waals surface area contributed by atoms with E-state index in [0.717, 1.165) is 21.6 Å². The number of allylic oxidation sites excluding steroid dienone is 1. The summed E-state index contributed by atoms with van der Waals surface area (Å²) >= 11 is 1.51. The largest absolute Gasteiger partial charge is 0.354 e. The maximum absolute atomic E-state index is 13.7. The predicted octanol–water partition coefficient (Wildman–Crippen LogP) is 6.49. The van der Waals surface area contributed by atoms with E-state index >= 15 is 0 Å². The topological polar surface area (TPSA) is 29.1 Å². The number of hydrogen-bond donors (Lipinski definition) is 1. The number of carbonyl (C=O) groups is 1. The number of rotatable bonds is 3. The van der Waals surface area contributed by atoms with Crippen LogP contribution in [0.5, 0.6) is 0 Å². The highest BCUT2D eigenvalue weighted by Gasteiger charge is 2.24. The van der Waals surface area contributed by atoms with E-state index in [1.54, 1.807) is 12.1 Å². The zero-order valence-corrected chi connectivity index (χ0v) is 15.2. The molecule has 3 aromatic rings. The Hall–Kier alpha value is -3.13. The van der Waals surface area contributed by atoms with Crippen molar-refractivity contribution in [1.29, 1.82) is 0 Å². The molecule has 2 nitrogen and oxygen atoms in total. The van der Waals surface area contributed by atoms with E-state index in [1.165, 1.54) is 17.8 Å². The van der Waals surface area contributed by atoms with Gasteiger partial charge in [0.05, 0.1) is 16.9 Å². The molecular formula is C21H10F5NOS. The van der Waals surface area contributed by atoms with Crippen LogP contribution in [0.4, 0.5) is 33.3 Å². The average molecular weight is 419 g/mol. The quantitative estimate of drug-likeness (QED) is 0.135. The first-order valence-corrected chi connectivity index (χ1v) is 9.10. The molecule has 4 rings (SSSR count). The lowest BCUT2D eigenvalue weighted by Crippen LogP contribution is -2.05. The molecule has 1 aliphatic rings. The number of anilines is 2. The SMILES string of the molecule is O=C(/C=C/c1c(F)c(F)c(F)c(F)c1F)c1ccc2c(c1)Nc1ccccc1S2. The van der Waals surface area contributed by atoms with E-state index in [-0.39, 0.29) is 5.56 Å². The van der Waals surface area contributed by atoms with Crippen LogP contribution in [-0.4, -0.2) is 5.78 Å². The summed E-state index contributed by atoms with van der Waals surface area (Å²) < 4.78 is 67.1. The van der Waals surface area contributed by atoms with Gasteiger partial charge in [-0.25, -0.2) is 22.0 Å². The molecule has 0 radical (unpaired) electrons. The smallest absolute Gasteiger partial charge is 0.200 e. The molecule has 29 heavy (non-hydrogen) atoms. The summed E-state index contributed by atoms with van der Waals surface area (Å²) in [5, 5.41) is 3.19. The Bertz CT molecular complexity index is 1160. The highest BCUT2D eigenvalue weighted by atomic mass is 32.2. The molecular weight excluding hydrogens is 409 g/mol. The van der Waals surface area contributed by atoms with Gasteiger partial charge in [0, 0.05) is 15.4 Å². The fourth-order valence-electron chi connectivity index (χ4n) is 2.82. The number of halogens is 5. The molecule has 0 spiro atoms. The van der Waals surface area contributed by atoms with Crippen molar-refractivity contribution in [2.75, 3.05) is 5.32 Å². The second kappa shape index (κ2) is 7.36. The second-order valence-corrected chi connectivity index (χ2v) is 7.20. The minimum absolute atomic E-state index is 0.191. The number of benzene rings is 3. The number of fused-ring (bicyclic) bond motifs is 2. The van der Waals surface area contributed by atoms with Gasteiger partial charge in [0.1, 0.15) is 0 Å². The summed E-state index contributed by atoms with van der Waals surface area (Å²) in [6, 6.07) is 12.4. The third-order valence-corrected chi connectivity index (χ3v) is 5.44. The fraction of sp³-hybridized carbons (Fsp3) is 0. The Morgan fingerprint density at radius 2 is 1.41 bits per heavy atom. The van der Waals surface area contributed by atoms with Crippen LogP contribution < -0.4 is 5.32 Å². The predicted molar refractivity (Wildman–Crippen MR) is 99.9 cm³/mol. The van der Waals surface area contributed by atoms with Crippen molar-refractivity contribution in [3.63, 3.8) is 0 Å². The van der Waals surface area contributed by atoms with Gasteiger partial charge in [-0.05, 0) is 42.5 Å². The Morgan fingerprint density at radius 1 is 0.793 bits per heavy atom. The molecule has 8 heteroatoms. The Balaban J connectivity index is 1.63. The molecule has 0 aliphatic carbocycles. The van der Waals surface area contributed by atoms with E-state index in [4.69, 9.17) is 0 Å². The van der Waals surface area contributed by atoms with Crippen molar-refractivity contribution in [2.24, 2.45) is 0 Å². The summed E-state index contributed by atoms with van der Waals surface area (Å²) in [5.74, 6) is -11.0. The van der Waals surface area contributed by atoms with Crippen LogP contribution in [0.15, 0.2) is 58.3 Å². The van der Waals surface area contributed by atoms with Crippen LogP contribution >= 0.6 is 11.8 Å². The summed E-state index contributed by atoms with van der Waals surface area (Å²) in [6.45, 7) is 0. The molecule has 3 aromatic carbocycles. The molecule has 0 unspecified atom stereocenters. The van der Waals surface area contributed by atoms with Crippen LogP contribution in [0.25, 0.3) is 6.08 Å². The van der Waals surface area contributed by atoms with Gasteiger partial charge in [0.15, 0.2) is 29.1 Å². The summed E-state index contributed by atoms with van der Waals surface area (Å²) in [4.78, 5) is 14.3. The first kappa shape index (κ1) is 19.2. The molecule has 1 N–H and O–H groups in total. The van der Waals surface area contributed by atoms with Crippen molar-refractivity contribution in [3.8, 4) is 0 Å². The first-order valence-electron chi connectivity index (χ1n) is 8.28. The normalized spacial score (nSPS) is 12.4. The summed E-state index contributed by atoms with van der Waals surface area (Å²) in [7, 11) is 0. The van der Waals surface area contributed by atoms with Crippen LogP contribution in [0.3, 0.4) is 0 Å². The van der Waals surface area contributed by atoms with Gasteiger partial charge >= 0.3 is 0 Å². The zero-order chi connectivity index (χ0) is 20.7. The number of carbonyl (C=O) groups excluding carboxylic acids is 1. The molecule has 1 aliphatic heterocycles. The van der Waals surface area contributed by atoms with Crippen molar-refractivity contribution >= 4 is 35.0 Å². The second-order valence-electron chi connectivity index (χ2n) is 6.12. The van der Waals surface area contributed by atoms with E-state index in [1.807, 2.05) is 24.3 Å². The van der Waals surface area contributed by atoms with Crippen molar-refractivity contribution in [3.05, 3.63) is 88.8 Å². The van der Waals surface area contributed by atoms with Gasteiger partial charge in [-0.2, -0.15) is 0 Å². The zero-order valence-electron chi connectivity index (χ0n) is 14.4. The molecule has 0 bridgehead atoms. The minimum Gasteiger partial charge on any atom is -0.354 e. The van der Waals surface area contributed by atoms with Gasteiger partial charge < -0.3 is 5.32 Å². The Kier molecular flexibility index (Phi) is 4.87. The third kappa shape index (κ3) is 3.40. The average Bonchev–Trinajstić information content (AvgIpc) is 2.74. The van der Waals surface area contributed by atoms with E-state index in [2.05, 4.69) is 5.32 Å². The van der Waals surface area contributed by atoms with Crippen LogP contribution in [0.2, 0.25) is 0 Å². The standard InChI is InChI=1S/C21H10F5NOS/c22-17-11(18(23)20(25)21(26)19(17)24)6-7-14(28)10-5-8-16-13(9-10)27-12-3-1-2-4-15(12)29-16/h1-9,27H/b7-6+. The number of hydrogen-bond acceptors (Lipinski definition) is 3. The van der Waals surface area contributed by atoms with E-state index in [9.17, 15) is 26.7 Å². The number of ketones is 1. The molecule has 0 atom stereocenters. The molecule has 0 fully saturated rings. The third-order valence-electron chi connectivity index (χ3n) is 4.29. The highest BCUT2D eigenvalue weighted by Crippen LogP contribution is 2.44. The van der Waals surface area contributed by atoms with Gasteiger partial charge in [-0.1, -0.05) is 23.9 Å². The van der Waals surface area contributed by atoms with E-state index < -0.39 is 40.4 Å². The van der Waals surface area contributed by atoms with Crippen LogP contribution in [0.1, 0.15) is 15.9 Å². The van der Waals surface area contributed by atoms with Gasteiger partial charge in [0.25, 0.3) is 0 Å². The highest BCUT2D eigenvalue weighted by molar-refractivity contribution is 7.99. The van der Waals surface area contributed by atoms with Gasteiger partial charge in [0.2, 0.25) is 5.82 Å². The Labute approximate surface area is 166 Å². The number of para-hydroxylation sites is 1. The van der Waals surface area contributed by atoms with Gasteiger partial charge in [-0.15, -0.1) is 0 Å². The Morgan fingerprint density at radius 3 is 2.14 bits per heavy atom. The first-order chi connectivity index (χ1) is 13.9. The van der Waals surface area contributed by atoms with Crippen LogP contribution in [0, 0.1) is 29.1 Å². The number of nitrogens with one attached hydrogen (secondary N) is 1. The van der Waals surface area contributed by atoms with Crippen LogP contribution in [-0.2, 0) is 0 Å². The lowest BCUT2D eigenvalue weighted by Gasteiger charge is -2.20. The lowest BCUT2D eigenvalue weighted by atomic mass is 10.1. The molecule has 1 heterocycles. The van der Waals surface area contributed by atoms with E-state index in [0.29, 0.717) is 11.8 Å². The van der Waals surface area contributed by atoms with Crippen molar-refractivity contribution in [2.45, 2.75) is 9.79 Å².